The molecule has 0 spiro atoms. The maximum absolute atomic E-state index is 6.07. The minimum atomic E-state index is 0.315. The van der Waals surface area contributed by atoms with E-state index in [-0.39, 0.29) is 0 Å². The Hall–Kier alpha value is -0.850. The highest BCUT2D eigenvalue weighted by atomic mass is 16.5. The lowest BCUT2D eigenvalue weighted by Gasteiger charge is -2.35. The van der Waals surface area contributed by atoms with Gasteiger partial charge >= 0.3 is 0 Å². The smallest absolute Gasteiger partial charge is 0.193 e. The van der Waals surface area contributed by atoms with Crippen LogP contribution in [0.1, 0.15) is 39.0 Å². The van der Waals surface area contributed by atoms with Crippen LogP contribution >= 0.6 is 0 Å². The SMILES string of the molecule is CCOCCNC(=NC)N1CCC(OCC2CCCCO2)CC1. The molecule has 1 unspecified atom stereocenters. The molecule has 2 saturated heterocycles. The largest absolute Gasteiger partial charge is 0.380 e. The van der Waals surface area contributed by atoms with E-state index in [0.29, 0.717) is 12.2 Å². The molecule has 23 heavy (non-hydrogen) atoms. The monoisotopic (exact) mass is 327 g/mol. The fraction of sp³-hybridized carbons (Fsp3) is 0.941. The van der Waals surface area contributed by atoms with Crippen molar-refractivity contribution >= 4 is 5.96 Å². The van der Waals surface area contributed by atoms with Crippen LogP contribution in [0.2, 0.25) is 0 Å². The van der Waals surface area contributed by atoms with Crippen molar-refractivity contribution in [3.05, 3.63) is 0 Å². The molecule has 0 aromatic heterocycles. The van der Waals surface area contributed by atoms with Gasteiger partial charge in [-0.15, -0.1) is 0 Å². The van der Waals surface area contributed by atoms with E-state index >= 15 is 0 Å². The second-order valence-corrected chi connectivity index (χ2v) is 6.18. The highest BCUT2D eigenvalue weighted by Crippen LogP contribution is 2.17. The Morgan fingerprint density at radius 3 is 2.74 bits per heavy atom. The van der Waals surface area contributed by atoms with Gasteiger partial charge in [-0.25, -0.2) is 0 Å². The number of ether oxygens (including phenoxy) is 3. The van der Waals surface area contributed by atoms with Crippen LogP contribution in [0, 0.1) is 0 Å². The Kier molecular flexibility index (Phi) is 8.71. The summed E-state index contributed by atoms with van der Waals surface area (Å²) in [6, 6.07) is 0. The number of guanidine groups is 1. The number of nitrogens with one attached hydrogen (secondary N) is 1. The maximum atomic E-state index is 6.07. The molecular formula is C17H33N3O3. The quantitative estimate of drug-likeness (QED) is 0.438. The van der Waals surface area contributed by atoms with Gasteiger partial charge in [0.15, 0.2) is 5.96 Å². The van der Waals surface area contributed by atoms with Crippen LogP contribution in [0.5, 0.6) is 0 Å². The van der Waals surface area contributed by atoms with Crippen molar-refractivity contribution < 1.29 is 14.2 Å². The van der Waals surface area contributed by atoms with Crippen molar-refractivity contribution in [2.75, 3.05) is 53.1 Å². The molecule has 134 valence electrons. The van der Waals surface area contributed by atoms with Crippen molar-refractivity contribution in [2.24, 2.45) is 4.99 Å². The lowest BCUT2D eigenvalue weighted by atomic mass is 10.1. The molecule has 1 N–H and O–H groups in total. The van der Waals surface area contributed by atoms with Crippen molar-refractivity contribution in [2.45, 2.75) is 51.2 Å². The van der Waals surface area contributed by atoms with Crippen LogP contribution in [0.15, 0.2) is 4.99 Å². The van der Waals surface area contributed by atoms with E-state index < -0.39 is 0 Å². The summed E-state index contributed by atoms with van der Waals surface area (Å²) in [6.45, 7) is 7.93. The van der Waals surface area contributed by atoms with Gasteiger partial charge < -0.3 is 24.4 Å². The fourth-order valence-corrected chi connectivity index (χ4v) is 3.13. The number of rotatable bonds is 7. The molecule has 0 saturated carbocycles. The lowest BCUT2D eigenvalue weighted by molar-refractivity contribution is -0.0721. The third kappa shape index (κ3) is 6.65. The van der Waals surface area contributed by atoms with E-state index in [1.54, 1.807) is 0 Å². The molecule has 0 bridgehead atoms. The van der Waals surface area contributed by atoms with E-state index in [1.807, 2.05) is 14.0 Å². The molecule has 0 aliphatic carbocycles. The minimum Gasteiger partial charge on any atom is -0.380 e. The normalized spacial score (nSPS) is 24.0. The molecule has 2 rings (SSSR count). The average molecular weight is 327 g/mol. The molecular weight excluding hydrogens is 294 g/mol. The third-order valence-corrected chi connectivity index (χ3v) is 4.48. The molecule has 1 atom stereocenters. The summed E-state index contributed by atoms with van der Waals surface area (Å²) < 4.78 is 17.2. The number of hydrogen-bond acceptors (Lipinski definition) is 4. The van der Waals surface area contributed by atoms with E-state index in [1.165, 1.54) is 12.8 Å². The van der Waals surface area contributed by atoms with Crippen molar-refractivity contribution in [1.82, 2.24) is 10.2 Å². The Bertz CT molecular complexity index is 338. The van der Waals surface area contributed by atoms with Crippen LogP contribution in [-0.2, 0) is 14.2 Å². The Balaban J connectivity index is 1.62. The Morgan fingerprint density at radius 1 is 1.26 bits per heavy atom. The molecule has 6 nitrogen and oxygen atoms in total. The van der Waals surface area contributed by atoms with E-state index in [0.717, 1.165) is 71.3 Å². The van der Waals surface area contributed by atoms with E-state index in [9.17, 15) is 0 Å². The van der Waals surface area contributed by atoms with Gasteiger partial charge in [0.2, 0.25) is 0 Å². The van der Waals surface area contributed by atoms with Crippen molar-refractivity contribution in [3.8, 4) is 0 Å². The predicted molar refractivity (Wildman–Crippen MR) is 92.0 cm³/mol. The Morgan fingerprint density at radius 2 is 2.09 bits per heavy atom. The second-order valence-electron chi connectivity index (χ2n) is 6.18. The molecule has 2 aliphatic heterocycles. The van der Waals surface area contributed by atoms with Crippen LogP contribution in [0.25, 0.3) is 0 Å². The van der Waals surface area contributed by atoms with Crippen LogP contribution in [0.4, 0.5) is 0 Å². The molecule has 0 aromatic carbocycles. The van der Waals surface area contributed by atoms with Crippen molar-refractivity contribution in [3.63, 3.8) is 0 Å². The zero-order valence-corrected chi connectivity index (χ0v) is 14.8. The predicted octanol–water partition coefficient (Wildman–Crippen LogP) is 1.65. The second kappa shape index (κ2) is 10.8. The van der Waals surface area contributed by atoms with E-state index in [4.69, 9.17) is 14.2 Å². The summed E-state index contributed by atoms with van der Waals surface area (Å²) >= 11 is 0. The highest BCUT2D eigenvalue weighted by Gasteiger charge is 2.23. The first-order chi connectivity index (χ1) is 11.3. The molecule has 0 amide bonds. The summed E-state index contributed by atoms with van der Waals surface area (Å²) in [5.41, 5.74) is 0. The number of likely N-dealkylation sites (tertiary alicyclic amines) is 1. The average Bonchev–Trinajstić information content (AvgIpc) is 2.62. The number of nitrogens with zero attached hydrogens (tertiary/aromatic N) is 2. The van der Waals surface area contributed by atoms with Crippen LogP contribution in [-0.4, -0.2) is 76.2 Å². The minimum absolute atomic E-state index is 0.315. The zero-order valence-electron chi connectivity index (χ0n) is 14.8. The third-order valence-electron chi connectivity index (χ3n) is 4.48. The Labute approximate surface area is 140 Å². The summed E-state index contributed by atoms with van der Waals surface area (Å²) in [6.07, 6.45) is 6.40. The van der Waals surface area contributed by atoms with Crippen LogP contribution < -0.4 is 5.32 Å². The zero-order chi connectivity index (χ0) is 16.3. The number of aliphatic imine (C=N–C) groups is 1. The summed E-state index contributed by atoms with van der Waals surface area (Å²) in [7, 11) is 1.84. The molecule has 2 fully saturated rings. The number of piperidine rings is 1. The van der Waals surface area contributed by atoms with Gasteiger partial charge in [0.05, 0.1) is 25.4 Å². The van der Waals surface area contributed by atoms with Gasteiger partial charge in [0.1, 0.15) is 0 Å². The molecule has 6 heteroatoms. The molecule has 0 aromatic rings. The van der Waals surface area contributed by atoms with Gasteiger partial charge in [-0.05, 0) is 39.0 Å². The lowest BCUT2D eigenvalue weighted by Crippen LogP contribution is -2.48. The summed E-state index contributed by atoms with van der Waals surface area (Å²) in [5.74, 6) is 0.971. The van der Waals surface area contributed by atoms with Crippen LogP contribution in [0.3, 0.4) is 0 Å². The molecule has 2 aliphatic rings. The van der Waals surface area contributed by atoms with Gasteiger partial charge in [-0.3, -0.25) is 4.99 Å². The van der Waals surface area contributed by atoms with E-state index in [2.05, 4.69) is 15.2 Å². The first-order valence-electron chi connectivity index (χ1n) is 9.10. The topological polar surface area (TPSA) is 55.3 Å². The van der Waals surface area contributed by atoms with Gasteiger partial charge in [0.25, 0.3) is 0 Å². The van der Waals surface area contributed by atoms with Gasteiger partial charge in [-0.1, -0.05) is 0 Å². The molecule has 0 radical (unpaired) electrons. The fourth-order valence-electron chi connectivity index (χ4n) is 3.13. The van der Waals surface area contributed by atoms with Gasteiger partial charge in [0, 0.05) is 39.9 Å². The highest BCUT2D eigenvalue weighted by molar-refractivity contribution is 5.79. The first kappa shape index (κ1) is 18.5. The maximum Gasteiger partial charge on any atom is 0.193 e. The van der Waals surface area contributed by atoms with Gasteiger partial charge in [-0.2, -0.15) is 0 Å². The van der Waals surface area contributed by atoms with Crippen molar-refractivity contribution in [1.29, 1.82) is 0 Å². The summed E-state index contributed by atoms with van der Waals surface area (Å²) in [5, 5.41) is 3.36. The standard InChI is InChI=1S/C17H33N3O3/c1-3-21-13-9-19-17(18-2)20-10-7-15(8-11-20)23-14-16-6-4-5-12-22-16/h15-16H,3-14H2,1-2H3,(H,18,19). The first-order valence-corrected chi connectivity index (χ1v) is 9.10. The number of hydrogen-bond donors (Lipinski definition) is 1. The molecule has 2 heterocycles. The summed E-state index contributed by atoms with van der Waals surface area (Å²) in [4.78, 5) is 6.68.